The van der Waals surface area contributed by atoms with E-state index in [9.17, 15) is 24.9 Å². The molecule has 0 aliphatic heterocycles. The lowest BCUT2D eigenvalue weighted by molar-refractivity contribution is -0.175. The third-order valence-corrected chi connectivity index (χ3v) is 12.1. The van der Waals surface area contributed by atoms with Crippen molar-refractivity contribution in [1.29, 1.82) is 0 Å². The van der Waals surface area contributed by atoms with E-state index in [2.05, 4.69) is 26.1 Å². The van der Waals surface area contributed by atoms with Crippen LogP contribution in [0.2, 0.25) is 0 Å². The standard InChI is InChI=1S/C30H51NO5/c1-6-17(2)27(28(35)36)31-26(34)12-7-18(3)22-10-11-23-21-9-8-19-15-20(32)13-14-29(19,4)24(21)16-25(33)30(22,23)5/h17-25,27,32-33H,6-16H2,1-5H3,(H,31,34)(H,35,36)/t17-,18+,19+,20+,21-,22+,23-,24-,25-,27-,29-,30+/m0/s1. The molecule has 6 heteroatoms. The quantitative estimate of drug-likeness (QED) is 0.371. The molecule has 0 radical (unpaired) electrons. The lowest BCUT2D eigenvalue weighted by Gasteiger charge is -2.62. The molecule has 6 nitrogen and oxygen atoms in total. The van der Waals surface area contributed by atoms with Gasteiger partial charge in [-0.25, -0.2) is 4.79 Å². The molecule has 12 atom stereocenters. The molecular formula is C30H51NO5. The molecule has 0 bridgehead atoms. The van der Waals surface area contributed by atoms with Crippen LogP contribution in [0.3, 0.4) is 0 Å². The van der Waals surface area contributed by atoms with E-state index in [-0.39, 0.29) is 34.9 Å². The minimum atomic E-state index is -0.965. The van der Waals surface area contributed by atoms with Gasteiger partial charge in [-0.1, -0.05) is 41.0 Å². The largest absolute Gasteiger partial charge is 0.480 e. The van der Waals surface area contributed by atoms with Gasteiger partial charge in [-0.3, -0.25) is 4.79 Å². The highest BCUT2D eigenvalue weighted by atomic mass is 16.4. The molecule has 0 saturated heterocycles. The maximum atomic E-state index is 12.7. The minimum absolute atomic E-state index is 0.104. The molecule has 4 saturated carbocycles. The van der Waals surface area contributed by atoms with E-state index >= 15 is 0 Å². The summed E-state index contributed by atoms with van der Waals surface area (Å²) in [6.07, 6.45) is 9.78. The van der Waals surface area contributed by atoms with E-state index in [0.29, 0.717) is 48.3 Å². The summed E-state index contributed by atoms with van der Waals surface area (Å²) in [4.78, 5) is 24.3. The summed E-state index contributed by atoms with van der Waals surface area (Å²) in [5.74, 6) is 1.76. The van der Waals surface area contributed by atoms with Crippen molar-refractivity contribution in [3.8, 4) is 0 Å². The fourth-order valence-corrected chi connectivity index (χ4v) is 9.65. The predicted octanol–water partition coefficient (Wildman–Crippen LogP) is 5.01. The summed E-state index contributed by atoms with van der Waals surface area (Å²) in [6.45, 7) is 10.8. The number of aliphatic carboxylic acids is 1. The van der Waals surface area contributed by atoms with Crippen molar-refractivity contribution in [3.05, 3.63) is 0 Å². The smallest absolute Gasteiger partial charge is 0.326 e. The van der Waals surface area contributed by atoms with Gasteiger partial charge in [0.2, 0.25) is 5.91 Å². The second-order valence-electron chi connectivity index (χ2n) is 13.7. The number of rotatable bonds is 8. The molecular weight excluding hydrogens is 454 g/mol. The zero-order chi connectivity index (χ0) is 26.4. The van der Waals surface area contributed by atoms with E-state index in [0.717, 1.165) is 44.9 Å². The highest BCUT2D eigenvalue weighted by molar-refractivity contribution is 5.83. The van der Waals surface area contributed by atoms with E-state index in [1.165, 1.54) is 12.8 Å². The number of fused-ring (bicyclic) bond motifs is 5. The molecule has 36 heavy (non-hydrogen) atoms. The number of aliphatic hydroxyl groups excluding tert-OH is 2. The number of carboxylic acids is 1. The molecule has 206 valence electrons. The van der Waals surface area contributed by atoms with Gasteiger partial charge < -0.3 is 20.6 Å². The highest BCUT2D eigenvalue weighted by Crippen LogP contribution is 2.68. The Kier molecular flexibility index (Phi) is 8.17. The van der Waals surface area contributed by atoms with E-state index < -0.39 is 12.0 Å². The van der Waals surface area contributed by atoms with Crippen LogP contribution in [0, 0.1) is 52.3 Å². The van der Waals surface area contributed by atoms with Gasteiger partial charge in [0.25, 0.3) is 0 Å². The molecule has 0 unspecified atom stereocenters. The molecule has 1 amide bonds. The average Bonchev–Trinajstić information content (AvgIpc) is 3.20. The van der Waals surface area contributed by atoms with Crippen LogP contribution in [0.5, 0.6) is 0 Å². The number of carboxylic acid groups (broad SMARTS) is 1. The number of carbonyl (C=O) groups is 2. The molecule has 0 aromatic rings. The summed E-state index contributed by atoms with van der Waals surface area (Å²) in [5.41, 5.74) is 0.122. The second-order valence-corrected chi connectivity index (χ2v) is 13.7. The summed E-state index contributed by atoms with van der Waals surface area (Å²) in [5, 5.41) is 34.3. The zero-order valence-electron chi connectivity index (χ0n) is 23.2. The number of carbonyl (C=O) groups excluding carboxylic acids is 1. The second kappa shape index (κ2) is 10.6. The van der Waals surface area contributed by atoms with Crippen LogP contribution < -0.4 is 5.32 Å². The Labute approximate surface area is 218 Å². The van der Waals surface area contributed by atoms with Gasteiger partial charge in [-0.2, -0.15) is 0 Å². The maximum Gasteiger partial charge on any atom is 0.326 e. The Hall–Kier alpha value is -1.14. The van der Waals surface area contributed by atoms with Crippen LogP contribution in [0.1, 0.15) is 105 Å². The summed E-state index contributed by atoms with van der Waals surface area (Å²) >= 11 is 0. The molecule has 4 N–H and O–H groups in total. The Balaban J connectivity index is 1.41. The molecule has 0 spiro atoms. The molecule has 0 aromatic carbocycles. The number of nitrogens with one attached hydrogen (secondary N) is 1. The first-order valence-corrected chi connectivity index (χ1v) is 14.8. The third-order valence-electron chi connectivity index (χ3n) is 12.1. The van der Waals surface area contributed by atoms with Crippen molar-refractivity contribution >= 4 is 11.9 Å². The highest BCUT2D eigenvalue weighted by Gasteiger charge is 2.63. The topological polar surface area (TPSA) is 107 Å². The van der Waals surface area contributed by atoms with Crippen molar-refractivity contribution in [1.82, 2.24) is 5.32 Å². The maximum absolute atomic E-state index is 12.7. The first-order valence-electron chi connectivity index (χ1n) is 14.8. The number of hydrogen-bond donors (Lipinski definition) is 4. The van der Waals surface area contributed by atoms with Crippen LogP contribution in [0.15, 0.2) is 0 Å². The van der Waals surface area contributed by atoms with Gasteiger partial charge >= 0.3 is 5.97 Å². The van der Waals surface area contributed by atoms with Crippen molar-refractivity contribution < 1.29 is 24.9 Å². The number of amides is 1. The van der Waals surface area contributed by atoms with Crippen molar-refractivity contribution in [2.75, 3.05) is 0 Å². The molecule has 4 rings (SSSR count). The average molecular weight is 506 g/mol. The molecule has 0 heterocycles. The molecule has 4 fully saturated rings. The van der Waals surface area contributed by atoms with Crippen molar-refractivity contribution in [2.45, 2.75) is 123 Å². The first kappa shape index (κ1) is 27.9. The number of hydrogen-bond acceptors (Lipinski definition) is 4. The molecule has 0 aromatic heterocycles. The Morgan fingerprint density at radius 2 is 1.72 bits per heavy atom. The van der Waals surface area contributed by atoms with Crippen LogP contribution in [-0.4, -0.2) is 45.4 Å². The normalized spacial score (nSPS) is 44.5. The van der Waals surface area contributed by atoms with Crippen LogP contribution in [0.25, 0.3) is 0 Å². The van der Waals surface area contributed by atoms with Crippen molar-refractivity contribution in [3.63, 3.8) is 0 Å². The van der Waals surface area contributed by atoms with Crippen LogP contribution >= 0.6 is 0 Å². The summed E-state index contributed by atoms with van der Waals surface area (Å²) < 4.78 is 0. The molecule has 4 aliphatic rings. The first-order chi connectivity index (χ1) is 16.9. The Bertz CT molecular complexity index is 817. The van der Waals surface area contributed by atoms with Gasteiger partial charge in [0, 0.05) is 6.42 Å². The fraction of sp³-hybridized carbons (Fsp3) is 0.933. The van der Waals surface area contributed by atoms with Gasteiger partial charge in [0.05, 0.1) is 12.2 Å². The van der Waals surface area contributed by atoms with Gasteiger partial charge in [-0.05, 0) is 110 Å². The van der Waals surface area contributed by atoms with Gasteiger partial charge in [0.15, 0.2) is 0 Å². The predicted molar refractivity (Wildman–Crippen MR) is 140 cm³/mol. The summed E-state index contributed by atoms with van der Waals surface area (Å²) in [7, 11) is 0. The number of aliphatic hydroxyl groups is 2. The zero-order valence-corrected chi connectivity index (χ0v) is 23.2. The Morgan fingerprint density at radius 1 is 1.00 bits per heavy atom. The third kappa shape index (κ3) is 4.74. The minimum Gasteiger partial charge on any atom is -0.480 e. The van der Waals surface area contributed by atoms with E-state index in [4.69, 9.17) is 0 Å². The van der Waals surface area contributed by atoms with E-state index in [1.807, 2.05) is 13.8 Å². The fourth-order valence-electron chi connectivity index (χ4n) is 9.65. The monoisotopic (exact) mass is 505 g/mol. The van der Waals surface area contributed by atoms with Gasteiger partial charge in [0.1, 0.15) is 6.04 Å². The van der Waals surface area contributed by atoms with Crippen LogP contribution in [-0.2, 0) is 9.59 Å². The van der Waals surface area contributed by atoms with Crippen molar-refractivity contribution in [2.24, 2.45) is 52.3 Å². The van der Waals surface area contributed by atoms with Crippen LogP contribution in [0.4, 0.5) is 0 Å². The lowest BCUT2D eigenvalue weighted by atomic mass is 9.43. The van der Waals surface area contributed by atoms with Gasteiger partial charge in [-0.15, -0.1) is 0 Å². The lowest BCUT2D eigenvalue weighted by Crippen LogP contribution is -2.58. The molecule has 4 aliphatic carbocycles. The Morgan fingerprint density at radius 3 is 2.39 bits per heavy atom. The summed E-state index contributed by atoms with van der Waals surface area (Å²) in [6, 6.07) is -0.833. The SMILES string of the molecule is CC[C@H](C)[C@H](NC(=O)CC[C@@H](C)[C@H]1CC[C@H]2[C@@H]3CC[C@@H]4C[C@H](O)CC[C@]4(C)[C@H]3C[C@H](O)[C@]12C)C(=O)O. The van der Waals surface area contributed by atoms with E-state index in [1.54, 1.807) is 0 Å².